The summed E-state index contributed by atoms with van der Waals surface area (Å²) in [5.41, 5.74) is 2.93. The van der Waals surface area contributed by atoms with Gasteiger partial charge in [0.05, 0.1) is 14.2 Å². The lowest BCUT2D eigenvalue weighted by molar-refractivity contribution is 0.354. The first-order chi connectivity index (χ1) is 11.5. The number of benzene rings is 1. The van der Waals surface area contributed by atoms with Gasteiger partial charge in [0.1, 0.15) is 0 Å². The number of nitrogens with one attached hydrogen (secondary N) is 2. The smallest absolute Gasteiger partial charge is 0.229 e. The Hall–Kier alpha value is -2.41. The van der Waals surface area contributed by atoms with E-state index < -0.39 is 0 Å². The summed E-state index contributed by atoms with van der Waals surface area (Å²) < 4.78 is 10.5. The molecule has 0 bridgehead atoms. The van der Waals surface area contributed by atoms with Crippen LogP contribution in [0.15, 0.2) is 24.3 Å². The monoisotopic (exact) mass is 346 g/mol. The summed E-state index contributed by atoms with van der Waals surface area (Å²) in [7, 11) is 3.25. The predicted octanol–water partition coefficient (Wildman–Crippen LogP) is 2.64. The van der Waals surface area contributed by atoms with Gasteiger partial charge in [-0.05, 0) is 56.2 Å². The lowest BCUT2D eigenvalue weighted by atomic mass is 10.1. The third-order valence-electron chi connectivity index (χ3n) is 3.35. The topological polar surface area (TPSA) is 68.3 Å². The molecule has 0 radical (unpaired) electrons. The second-order valence-corrected chi connectivity index (χ2v) is 5.70. The lowest BCUT2D eigenvalue weighted by Crippen LogP contribution is -2.31. The Labute approximate surface area is 147 Å². The molecule has 0 fully saturated rings. The van der Waals surface area contributed by atoms with Crippen molar-refractivity contribution in [3.63, 3.8) is 0 Å². The molecule has 0 amide bonds. The van der Waals surface area contributed by atoms with Crippen molar-refractivity contribution < 1.29 is 9.47 Å². The average molecular weight is 346 g/mol. The van der Waals surface area contributed by atoms with Crippen LogP contribution >= 0.6 is 12.2 Å². The Morgan fingerprint density at radius 1 is 1.04 bits per heavy atom. The van der Waals surface area contributed by atoms with Gasteiger partial charge in [-0.3, -0.25) is 0 Å². The van der Waals surface area contributed by atoms with E-state index in [4.69, 9.17) is 21.7 Å². The van der Waals surface area contributed by atoms with Crippen molar-refractivity contribution in [2.45, 2.75) is 20.3 Å². The minimum Gasteiger partial charge on any atom is -0.493 e. The number of ether oxygens (including phenoxy) is 2. The molecular weight excluding hydrogens is 324 g/mol. The summed E-state index contributed by atoms with van der Waals surface area (Å²) >= 11 is 5.28. The highest BCUT2D eigenvalue weighted by atomic mass is 32.1. The van der Waals surface area contributed by atoms with Crippen molar-refractivity contribution in [2.75, 3.05) is 26.1 Å². The van der Waals surface area contributed by atoms with Crippen LogP contribution in [0.25, 0.3) is 0 Å². The first-order valence-corrected chi connectivity index (χ1v) is 8.00. The second kappa shape index (κ2) is 8.44. The van der Waals surface area contributed by atoms with Crippen LogP contribution in [0.1, 0.15) is 17.0 Å². The van der Waals surface area contributed by atoms with Crippen LogP contribution in [0.4, 0.5) is 5.95 Å². The third-order valence-corrected chi connectivity index (χ3v) is 3.60. The molecule has 1 aromatic carbocycles. The van der Waals surface area contributed by atoms with Gasteiger partial charge >= 0.3 is 0 Å². The molecule has 0 saturated carbocycles. The van der Waals surface area contributed by atoms with Crippen molar-refractivity contribution in [1.82, 2.24) is 15.3 Å². The molecular formula is C17H22N4O2S. The van der Waals surface area contributed by atoms with E-state index in [1.54, 1.807) is 14.2 Å². The number of aromatic nitrogens is 2. The van der Waals surface area contributed by atoms with Gasteiger partial charge in [0.2, 0.25) is 5.95 Å². The Morgan fingerprint density at radius 2 is 1.71 bits per heavy atom. The van der Waals surface area contributed by atoms with Gasteiger partial charge in [-0.15, -0.1) is 0 Å². The molecule has 0 aliphatic rings. The van der Waals surface area contributed by atoms with Crippen LogP contribution in [0.2, 0.25) is 0 Å². The number of anilines is 1. The fraction of sp³-hybridized carbons (Fsp3) is 0.353. The maximum Gasteiger partial charge on any atom is 0.229 e. The Bertz CT molecular complexity index is 701. The van der Waals surface area contributed by atoms with E-state index >= 15 is 0 Å². The molecule has 2 N–H and O–H groups in total. The molecule has 0 aliphatic heterocycles. The van der Waals surface area contributed by atoms with Gasteiger partial charge < -0.3 is 20.1 Å². The van der Waals surface area contributed by atoms with Crippen molar-refractivity contribution in [3.8, 4) is 11.5 Å². The minimum absolute atomic E-state index is 0.500. The zero-order valence-electron chi connectivity index (χ0n) is 14.3. The first kappa shape index (κ1) is 17.9. The van der Waals surface area contributed by atoms with Gasteiger partial charge in [-0.2, -0.15) is 0 Å². The predicted molar refractivity (Wildman–Crippen MR) is 99.0 cm³/mol. The van der Waals surface area contributed by atoms with Gasteiger partial charge in [0.25, 0.3) is 0 Å². The summed E-state index contributed by atoms with van der Waals surface area (Å²) in [5, 5.41) is 6.66. The third kappa shape index (κ3) is 5.06. The van der Waals surface area contributed by atoms with E-state index in [2.05, 4.69) is 20.6 Å². The van der Waals surface area contributed by atoms with Crippen LogP contribution in [0.3, 0.4) is 0 Å². The molecule has 2 aromatic rings. The van der Waals surface area contributed by atoms with E-state index in [-0.39, 0.29) is 0 Å². The Balaban J connectivity index is 1.86. The fourth-order valence-electron chi connectivity index (χ4n) is 2.28. The standard InChI is InChI=1S/C17H22N4O2S/c1-11-9-12(2)20-16(19-11)21-17(24)18-8-7-13-5-6-14(22-3)15(10-13)23-4/h5-6,9-10H,7-8H2,1-4H3,(H2,18,19,20,21,24). The SMILES string of the molecule is COc1ccc(CCNC(=S)Nc2nc(C)cc(C)n2)cc1OC. The molecule has 0 saturated heterocycles. The molecule has 1 aromatic heterocycles. The van der Waals surface area contributed by atoms with Crippen LogP contribution < -0.4 is 20.1 Å². The Kier molecular flexibility index (Phi) is 6.31. The molecule has 0 unspecified atom stereocenters. The first-order valence-electron chi connectivity index (χ1n) is 7.60. The van der Waals surface area contributed by atoms with E-state index in [9.17, 15) is 0 Å². The van der Waals surface area contributed by atoms with Gasteiger partial charge in [-0.1, -0.05) is 6.07 Å². The normalized spacial score (nSPS) is 10.2. The number of hydrogen-bond donors (Lipinski definition) is 2. The molecule has 2 rings (SSSR count). The number of aryl methyl sites for hydroxylation is 2. The highest BCUT2D eigenvalue weighted by Crippen LogP contribution is 2.27. The van der Waals surface area contributed by atoms with Crippen LogP contribution in [-0.2, 0) is 6.42 Å². The zero-order valence-corrected chi connectivity index (χ0v) is 15.2. The molecule has 6 nitrogen and oxygen atoms in total. The maximum absolute atomic E-state index is 5.31. The molecule has 7 heteroatoms. The van der Waals surface area contributed by atoms with Crippen LogP contribution in [0.5, 0.6) is 11.5 Å². The second-order valence-electron chi connectivity index (χ2n) is 5.29. The van der Waals surface area contributed by atoms with E-state index in [0.29, 0.717) is 17.6 Å². The van der Waals surface area contributed by atoms with E-state index in [0.717, 1.165) is 34.9 Å². The molecule has 0 aliphatic carbocycles. The summed E-state index contributed by atoms with van der Waals surface area (Å²) in [6, 6.07) is 7.78. The number of rotatable bonds is 6. The van der Waals surface area contributed by atoms with Crippen molar-refractivity contribution in [3.05, 3.63) is 41.2 Å². The number of thiocarbonyl (C=S) groups is 1. The zero-order chi connectivity index (χ0) is 17.5. The summed E-state index contributed by atoms with van der Waals surface area (Å²) in [6.45, 7) is 4.53. The van der Waals surface area contributed by atoms with Crippen LogP contribution in [0, 0.1) is 13.8 Å². The quantitative estimate of drug-likeness (QED) is 0.779. The molecule has 128 valence electrons. The minimum atomic E-state index is 0.500. The number of methoxy groups -OCH3 is 2. The highest BCUT2D eigenvalue weighted by molar-refractivity contribution is 7.80. The van der Waals surface area contributed by atoms with Crippen molar-refractivity contribution >= 4 is 23.3 Å². The van der Waals surface area contributed by atoms with E-state index in [1.807, 2.05) is 38.1 Å². The summed E-state index contributed by atoms with van der Waals surface area (Å²) in [6.07, 6.45) is 0.801. The molecule has 0 atom stereocenters. The number of nitrogens with zero attached hydrogens (tertiary/aromatic N) is 2. The average Bonchev–Trinajstić information content (AvgIpc) is 2.53. The fourth-order valence-corrected chi connectivity index (χ4v) is 2.48. The maximum atomic E-state index is 5.31. The molecule has 24 heavy (non-hydrogen) atoms. The summed E-state index contributed by atoms with van der Waals surface area (Å²) in [5.74, 6) is 1.95. The van der Waals surface area contributed by atoms with E-state index in [1.165, 1.54) is 0 Å². The molecule has 0 spiro atoms. The van der Waals surface area contributed by atoms with Gasteiger partial charge in [0.15, 0.2) is 16.6 Å². The Morgan fingerprint density at radius 3 is 2.33 bits per heavy atom. The van der Waals surface area contributed by atoms with Crippen molar-refractivity contribution in [2.24, 2.45) is 0 Å². The number of hydrogen-bond acceptors (Lipinski definition) is 5. The largest absolute Gasteiger partial charge is 0.493 e. The summed E-state index contributed by atoms with van der Waals surface area (Å²) in [4.78, 5) is 8.60. The van der Waals surface area contributed by atoms with Gasteiger partial charge in [0, 0.05) is 17.9 Å². The highest BCUT2D eigenvalue weighted by Gasteiger charge is 2.05. The lowest BCUT2D eigenvalue weighted by Gasteiger charge is -2.12. The van der Waals surface area contributed by atoms with Gasteiger partial charge in [-0.25, -0.2) is 9.97 Å². The molecule has 1 heterocycles. The van der Waals surface area contributed by atoms with Crippen molar-refractivity contribution in [1.29, 1.82) is 0 Å². The van der Waals surface area contributed by atoms with Crippen LogP contribution in [-0.4, -0.2) is 35.8 Å².